The van der Waals surface area contributed by atoms with Crippen LogP contribution < -0.4 is 5.73 Å². The molecule has 23 heavy (non-hydrogen) atoms. The minimum Gasteiger partial charge on any atom is -0.386 e. The van der Waals surface area contributed by atoms with Crippen LogP contribution in [-0.2, 0) is 18.3 Å². The molecule has 124 valence electrons. The highest BCUT2D eigenvalue weighted by Crippen LogP contribution is 2.52. The fourth-order valence-electron chi connectivity index (χ4n) is 2.67. The van der Waals surface area contributed by atoms with Crippen molar-refractivity contribution in [3.63, 3.8) is 0 Å². The number of nitrogens with zero attached hydrogens (tertiary/aromatic N) is 4. The number of imidazole rings is 1. The van der Waals surface area contributed by atoms with E-state index in [4.69, 9.17) is 26.6 Å². The van der Waals surface area contributed by atoms with Gasteiger partial charge in [0.25, 0.3) is 0 Å². The molecular weight excluding hydrogens is 353 g/mol. The second kappa shape index (κ2) is 5.08. The smallest absolute Gasteiger partial charge is 0.386 e. The van der Waals surface area contributed by atoms with E-state index in [9.17, 15) is 14.6 Å². The molecule has 2 aliphatic rings. The first-order valence-electron chi connectivity index (χ1n) is 6.50. The number of rotatable bonds is 1. The number of nitrogens with two attached hydrogens (primary N) is 1. The molecule has 4 N–H and O–H groups in total. The van der Waals surface area contributed by atoms with Gasteiger partial charge < -0.3 is 20.5 Å². The van der Waals surface area contributed by atoms with Crippen molar-refractivity contribution in [2.45, 2.75) is 24.5 Å². The zero-order valence-electron chi connectivity index (χ0n) is 11.3. The van der Waals surface area contributed by atoms with Gasteiger partial charge in [0.15, 0.2) is 23.2 Å². The lowest BCUT2D eigenvalue weighted by atomic mass is 10.1. The van der Waals surface area contributed by atoms with Crippen LogP contribution >= 0.6 is 19.4 Å². The Bertz CT molecular complexity index is 831. The number of aromatic nitrogens is 4. The van der Waals surface area contributed by atoms with Crippen molar-refractivity contribution in [1.29, 1.82) is 0 Å². The highest BCUT2D eigenvalue weighted by atomic mass is 35.5. The summed E-state index contributed by atoms with van der Waals surface area (Å²) in [6, 6.07) is 0. The first kappa shape index (κ1) is 15.2. The fraction of sp³-hybridized carbons (Fsp3) is 0.500. The summed E-state index contributed by atoms with van der Waals surface area (Å²) in [4.78, 5) is 21.3. The first-order valence-corrected chi connectivity index (χ1v) is 8.38. The van der Waals surface area contributed by atoms with Crippen molar-refractivity contribution in [3.8, 4) is 0 Å². The SMILES string of the molecule is Nc1ncnc2c1nc(Cl)n2[C@H]1O[C@H]2COP(=O)(O)O[C@@H]2[C@@H]1O. The van der Waals surface area contributed by atoms with Gasteiger partial charge in [0.05, 0.1) is 6.61 Å². The number of anilines is 1. The third-order valence-electron chi connectivity index (χ3n) is 3.68. The van der Waals surface area contributed by atoms with Crippen molar-refractivity contribution in [2.24, 2.45) is 0 Å². The van der Waals surface area contributed by atoms with Crippen LogP contribution in [0.15, 0.2) is 6.33 Å². The predicted octanol–water partition coefficient (Wildman–Crippen LogP) is -0.164. The largest absolute Gasteiger partial charge is 0.472 e. The third kappa shape index (κ3) is 2.32. The number of aliphatic hydroxyl groups is 1. The van der Waals surface area contributed by atoms with Crippen LogP contribution in [0.2, 0.25) is 5.28 Å². The number of ether oxygens (including phenoxy) is 1. The molecule has 4 rings (SSSR count). The van der Waals surface area contributed by atoms with Crippen LogP contribution in [0.3, 0.4) is 0 Å². The number of nitrogen functional groups attached to an aromatic ring is 1. The molecule has 2 aliphatic heterocycles. The van der Waals surface area contributed by atoms with Gasteiger partial charge in [0, 0.05) is 0 Å². The molecule has 0 saturated carbocycles. The number of phosphoric acid groups is 1. The van der Waals surface area contributed by atoms with E-state index >= 15 is 0 Å². The standard InChI is InChI=1S/C10H11ClN5O6P/c11-10-15-4-7(12)13-2-14-8(4)16(10)9-5(17)6-3(21-9)1-20-23(18,19)22-6/h2-3,5-6,9,17H,1H2,(H,18,19)(H2,12,13,14)/t3-,5-,6-,9-/m0/s1. The molecule has 0 aliphatic carbocycles. The summed E-state index contributed by atoms with van der Waals surface area (Å²) in [5.41, 5.74) is 6.24. The summed E-state index contributed by atoms with van der Waals surface area (Å²) in [6.45, 7) is -0.201. The molecule has 2 aromatic heterocycles. The van der Waals surface area contributed by atoms with E-state index in [1.807, 2.05) is 0 Å². The van der Waals surface area contributed by atoms with E-state index in [1.54, 1.807) is 0 Å². The molecular formula is C10H11ClN5O6P. The quantitative estimate of drug-likeness (QED) is 0.459. The van der Waals surface area contributed by atoms with Gasteiger partial charge in [-0.25, -0.2) is 19.5 Å². The molecule has 13 heteroatoms. The second-order valence-corrected chi connectivity index (χ2v) is 6.82. The average Bonchev–Trinajstić information content (AvgIpc) is 2.97. The zero-order valence-corrected chi connectivity index (χ0v) is 13.0. The van der Waals surface area contributed by atoms with Gasteiger partial charge in [-0.05, 0) is 11.6 Å². The Balaban J connectivity index is 1.76. The minimum atomic E-state index is -4.21. The van der Waals surface area contributed by atoms with Crippen LogP contribution in [0.5, 0.6) is 0 Å². The Kier molecular flexibility index (Phi) is 3.36. The van der Waals surface area contributed by atoms with E-state index < -0.39 is 32.4 Å². The number of aliphatic hydroxyl groups excluding tert-OH is 1. The van der Waals surface area contributed by atoms with Gasteiger partial charge in [-0.2, -0.15) is 0 Å². The fourth-order valence-corrected chi connectivity index (χ4v) is 3.90. The van der Waals surface area contributed by atoms with E-state index in [0.29, 0.717) is 0 Å². The molecule has 0 amide bonds. The molecule has 0 radical (unpaired) electrons. The van der Waals surface area contributed by atoms with Crippen LogP contribution in [0.25, 0.3) is 11.2 Å². The first-order chi connectivity index (χ1) is 10.9. The summed E-state index contributed by atoms with van der Waals surface area (Å²) >= 11 is 6.10. The van der Waals surface area contributed by atoms with Gasteiger partial charge in [-0.15, -0.1) is 0 Å². The third-order valence-corrected chi connectivity index (χ3v) is 4.93. The number of hydrogen-bond donors (Lipinski definition) is 3. The number of halogens is 1. The van der Waals surface area contributed by atoms with Gasteiger partial charge in [-0.1, -0.05) is 0 Å². The lowest BCUT2D eigenvalue weighted by Crippen LogP contribution is -2.39. The summed E-state index contributed by atoms with van der Waals surface area (Å²) in [6.07, 6.45) is -2.87. The minimum absolute atomic E-state index is 0.0250. The molecule has 2 aromatic rings. The molecule has 0 bridgehead atoms. The van der Waals surface area contributed by atoms with Crippen LogP contribution in [0.1, 0.15) is 6.23 Å². The summed E-state index contributed by atoms with van der Waals surface area (Å²) in [5, 5.41) is 10.4. The number of phosphoric ester groups is 1. The molecule has 5 atom stereocenters. The average molecular weight is 364 g/mol. The van der Waals surface area contributed by atoms with Crippen LogP contribution in [-0.4, -0.2) is 54.4 Å². The summed E-state index contributed by atoms with van der Waals surface area (Å²) < 4.78 is 28.0. The highest BCUT2D eigenvalue weighted by molar-refractivity contribution is 7.47. The van der Waals surface area contributed by atoms with Crippen LogP contribution in [0.4, 0.5) is 5.82 Å². The van der Waals surface area contributed by atoms with E-state index in [2.05, 4.69) is 19.5 Å². The Hall–Kier alpha value is -1.33. The van der Waals surface area contributed by atoms with Gasteiger partial charge >= 0.3 is 7.82 Å². The summed E-state index contributed by atoms with van der Waals surface area (Å²) in [5.74, 6) is 0.125. The zero-order chi connectivity index (χ0) is 16.4. The highest BCUT2D eigenvalue weighted by Gasteiger charge is 2.53. The normalized spacial score (nSPS) is 37.2. The van der Waals surface area contributed by atoms with E-state index in [-0.39, 0.29) is 28.9 Å². The molecule has 1 unspecified atom stereocenters. The molecule has 2 fully saturated rings. The van der Waals surface area contributed by atoms with E-state index in [1.165, 1.54) is 10.9 Å². The second-order valence-electron chi connectivity index (χ2n) is 5.07. The van der Waals surface area contributed by atoms with Crippen molar-refractivity contribution in [2.75, 3.05) is 12.3 Å². The van der Waals surface area contributed by atoms with Crippen molar-refractivity contribution < 1.29 is 28.3 Å². The summed E-state index contributed by atoms with van der Waals surface area (Å²) in [7, 11) is -4.21. The number of fused-ring (bicyclic) bond motifs is 2. The lowest BCUT2D eigenvalue weighted by Gasteiger charge is -2.27. The maximum atomic E-state index is 11.5. The lowest BCUT2D eigenvalue weighted by molar-refractivity contribution is -0.0663. The van der Waals surface area contributed by atoms with Gasteiger partial charge in [0.1, 0.15) is 24.6 Å². The van der Waals surface area contributed by atoms with Gasteiger partial charge in [-0.3, -0.25) is 13.6 Å². The van der Waals surface area contributed by atoms with Crippen molar-refractivity contribution in [3.05, 3.63) is 11.6 Å². The van der Waals surface area contributed by atoms with Crippen molar-refractivity contribution in [1.82, 2.24) is 19.5 Å². The van der Waals surface area contributed by atoms with Crippen LogP contribution in [0, 0.1) is 0 Å². The maximum absolute atomic E-state index is 11.5. The monoisotopic (exact) mass is 363 g/mol. The molecule has 11 nitrogen and oxygen atoms in total. The van der Waals surface area contributed by atoms with E-state index in [0.717, 1.165) is 0 Å². The molecule has 4 heterocycles. The number of hydrogen-bond acceptors (Lipinski definition) is 9. The Morgan fingerprint density at radius 2 is 2.26 bits per heavy atom. The molecule has 2 saturated heterocycles. The molecule has 0 aromatic carbocycles. The predicted molar refractivity (Wildman–Crippen MR) is 75.3 cm³/mol. The molecule has 0 spiro atoms. The Morgan fingerprint density at radius 1 is 1.48 bits per heavy atom. The Morgan fingerprint density at radius 3 is 3.04 bits per heavy atom. The van der Waals surface area contributed by atoms with Crippen molar-refractivity contribution >= 4 is 36.4 Å². The maximum Gasteiger partial charge on any atom is 0.472 e. The van der Waals surface area contributed by atoms with Gasteiger partial charge in [0.2, 0.25) is 5.28 Å². The Labute approximate surface area is 133 Å². The topological polar surface area (TPSA) is 155 Å².